The van der Waals surface area contributed by atoms with Crippen molar-refractivity contribution in [3.63, 3.8) is 0 Å². The Balaban J connectivity index is 2.05. The summed E-state index contributed by atoms with van der Waals surface area (Å²) in [5, 5.41) is 2.97. The molecule has 0 spiro atoms. The van der Waals surface area contributed by atoms with Crippen LogP contribution in [0.3, 0.4) is 0 Å². The van der Waals surface area contributed by atoms with Crippen LogP contribution in [0.5, 0.6) is 5.75 Å². The molecule has 1 amide bonds. The highest BCUT2D eigenvalue weighted by molar-refractivity contribution is 6.33. The summed E-state index contributed by atoms with van der Waals surface area (Å²) in [6, 6.07) is 12.1. The summed E-state index contributed by atoms with van der Waals surface area (Å²) in [4.78, 5) is 24.2. The zero-order valence-electron chi connectivity index (χ0n) is 14.3. The predicted molar refractivity (Wildman–Crippen MR) is 97.3 cm³/mol. The summed E-state index contributed by atoms with van der Waals surface area (Å²) in [5.74, 6) is -0.262. The van der Waals surface area contributed by atoms with Crippen LogP contribution in [-0.2, 0) is 9.53 Å². The minimum Gasteiger partial charge on any atom is -0.481 e. The van der Waals surface area contributed by atoms with E-state index in [4.69, 9.17) is 21.1 Å². The monoisotopic (exact) mass is 361 g/mol. The Morgan fingerprint density at radius 1 is 1.16 bits per heavy atom. The number of hydrogen-bond acceptors (Lipinski definition) is 4. The number of carbonyl (C=O) groups excluding carboxylic acids is 2. The zero-order valence-corrected chi connectivity index (χ0v) is 15.1. The molecular formula is C19H20ClNO4. The number of nitrogens with one attached hydrogen (secondary N) is 1. The van der Waals surface area contributed by atoms with E-state index >= 15 is 0 Å². The number of carbonyl (C=O) groups is 2. The lowest BCUT2D eigenvalue weighted by molar-refractivity contribution is -0.122. The second-order valence-corrected chi connectivity index (χ2v) is 5.88. The first-order chi connectivity index (χ1) is 11.9. The lowest BCUT2D eigenvalue weighted by Crippen LogP contribution is -2.30. The third kappa shape index (κ3) is 5.22. The van der Waals surface area contributed by atoms with Crippen molar-refractivity contribution < 1.29 is 19.1 Å². The van der Waals surface area contributed by atoms with Crippen molar-refractivity contribution in [2.24, 2.45) is 0 Å². The molecule has 132 valence electrons. The minimum atomic E-state index is -0.704. The number of ether oxygens (including phenoxy) is 2. The molecule has 2 aromatic rings. The van der Waals surface area contributed by atoms with Crippen LogP contribution in [0.1, 0.15) is 29.8 Å². The van der Waals surface area contributed by atoms with E-state index in [-0.39, 0.29) is 23.1 Å². The van der Waals surface area contributed by atoms with E-state index in [9.17, 15) is 9.59 Å². The van der Waals surface area contributed by atoms with Crippen LogP contribution in [0, 0.1) is 6.92 Å². The summed E-state index contributed by atoms with van der Waals surface area (Å²) >= 11 is 6.01. The fourth-order valence-electron chi connectivity index (χ4n) is 2.09. The topological polar surface area (TPSA) is 64.6 Å². The minimum absolute atomic E-state index is 0.202. The van der Waals surface area contributed by atoms with Gasteiger partial charge in [0.25, 0.3) is 5.91 Å². The summed E-state index contributed by atoms with van der Waals surface area (Å²) < 4.78 is 10.6. The Labute approximate surface area is 151 Å². The van der Waals surface area contributed by atoms with Gasteiger partial charge in [-0.05, 0) is 51.1 Å². The Kier molecular flexibility index (Phi) is 6.42. The van der Waals surface area contributed by atoms with Crippen molar-refractivity contribution in [3.05, 3.63) is 58.6 Å². The molecule has 0 aromatic heterocycles. The van der Waals surface area contributed by atoms with Crippen molar-refractivity contribution in [2.75, 3.05) is 11.9 Å². The first kappa shape index (κ1) is 18.8. The second-order valence-electron chi connectivity index (χ2n) is 5.48. The average molecular weight is 362 g/mol. The molecule has 1 N–H and O–H groups in total. The maximum atomic E-state index is 12.3. The van der Waals surface area contributed by atoms with Crippen molar-refractivity contribution in [3.8, 4) is 5.75 Å². The highest BCUT2D eigenvalue weighted by atomic mass is 35.5. The quantitative estimate of drug-likeness (QED) is 0.782. The molecule has 1 unspecified atom stereocenters. The van der Waals surface area contributed by atoms with Gasteiger partial charge in [0.2, 0.25) is 0 Å². The fourth-order valence-corrected chi connectivity index (χ4v) is 2.28. The number of esters is 1. The molecule has 0 saturated carbocycles. The Hall–Kier alpha value is -2.53. The number of amides is 1. The average Bonchev–Trinajstić information content (AvgIpc) is 2.58. The van der Waals surface area contributed by atoms with Gasteiger partial charge in [-0.1, -0.05) is 29.3 Å². The van der Waals surface area contributed by atoms with Crippen molar-refractivity contribution in [2.45, 2.75) is 26.9 Å². The van der Waals surface area contributed by atoms with Crippen molar-refractivity contribution >= 4 is 29.2 Å². The van der Waals surface area contributed by atoms with E-state index < -0.39 is 12.1 Å². The first-order valence-electron chi connectivity index (χ1n) is 7.91. The number of halogens is 1. The summed E-state index contributed by atoms with van der Waals surface area (Å²) in [7, 11) is 0. The number of rotatable bonds is 6. The molecule has 0 aliphatic rings. The molecule has 0 saturated heterocycles. The lowest BCUT2D eigenvalue weighted by Gasteiger charge is -2.15. The van der Waals surface area contributed by atoms with Crippen molar-refractivity contribution in [1.29, 1.82) is 0 Å². The van der Waals surface area contributed by atoms with E-state index in [1.54, 1.807) is 32.0 Å². The van der Waals surface area contributed by atoms with Crippen LogP contribution in [0.4, 0.5) is 5.69 Å². The van der Waals surface area contributed by atoms with E-state index in [1.165, 1.54) is 12.1 Å². The largest absolute Gasteiger partial charge is 0.481 e. The third-order valence-corrected chi connectivity index (χ3v) is 3.76. The molecular weight excluding hydrogens is 342 g/mol. The van der Waals surface area contributed by atoms with Gasteiger partial charge in [0.1, 0.15) is 5.75 Å². The van der Waals surface area contributed by atoms with E-state index in [0.717, 1.165) is 5.56 Å². The first-order valence-corrected chi connectivity index (χ1v) is 8.29. The van der Waals surface area contributed by atoms with Gasteiger partial charge in [-0.3, -0.25) is 4.79 Å². The maximum absolute atomic E-state index is 12.3. The molecule has 6 heteroatoms. The lowest BCUT2D eigenvalue weighted by atomic mass is 10.2. The fraction of sp³-hybridized carbons (Fsp3) is 0.263. The van der Waals surface area contributed by atoms with Gasteiger partial charge in [-0.25, -0.2) is 4.79 Å². The predicted octanol–water partition coefficient (Wildman–Crippen LogP) is 4.23. The number of hydrogen-bond donors (Lipinski definition) is 1. The molecule has 2 rings (SSSR count). The molecule has 25 heavy (non-hydrogen) atoms. The van der Waals surface area contributed by atoms with E-state index in [2.05, 4.69) is 5.32 Å². The van der Waals surface area contributed by atoms with Gasteiger partial charge < -0.3 is 14.8 Å². The van der Waals surface area contributed by atoms with Gasteiger partial charge in [-0.15, -0.1) is 0 Å². The standard InChI is InChI=1S/C19H20ClNO4/c1-4-24-19(23)16-11-14(7-10-17(16)20)21-18(22)13(3)25-15-8-5-12(2)6-9-15/h5-11,13H,4H2,1-3H3,(H,21,22). The van der Waals surface area contributed by atoms with Gasteiger partial charge in [0.15, 0.2) is 6.10 Å². The van der Waals surface area contributed by atoms with Gasteiger partial charge in [0.05, 0.1) is 17.2 Å². The van der Waals surface area contributed by atoms with Gasteiger partial charge in [-0.2, -0.15) is 0 Å². The molecule has 0 aliphatic heterocycles. The zero-order chi connectivity index (χ0) is 18.4. The Morgan fingerprint density at radius 3 is 2.48 bits per heavy atom. The van der Waals surface area contributed by atoms with Gasteiger partial charge >= 0.3 is 5.97 Å². The SMILES string of the molecule is CCOC(=O)c1cc(NC(=O)C(C)Oc2ccc(C)cc2)ccc1Cl. The smallest absolute Gasteiger partial charge is 0.339 e. The summed E-state index contributed by atoms with van der Waals surface area (Å²) in [6.07, 6.45) is -0.704. The Bertz CT molecular complexity index is 759. The van der Waals surface area contributed by atoms with E-state index in [1.807, 2.05) is 19.1 Å². The normalized spacial score (nSPS) is 11.5. The van der Waals surface area contributed by atoms with Crippen LogP contribution < -0.4 is 10.1 Å². The maximum Gasteiger partial charge on any atom is 0.339 e. The van der Waals surface area contributed by atoms with Gasteiger partial charge in [0, 0.05) is 5.69 Å². The second kappa shape index (κ2) is 8.53. The molecule has 0 bridgehead atoms. The van der Waals surface area contributed by atoms with Crippen LogP contribution in [-0.4, -0.2) is 24.6 Å². The molecule has 0 radical (unpaired) electrons. The molecule has 2 aromatic carbocycles. The Morgan fingerprint density at radius 2 is 1.84 bits per heavy atom. The highest BCUT2D eigenvalue weighted by Gasteiger charge is 2.17. The number of benzene rings is 2. The molecule has 0 heterocycles. The number of aryl methyl sites for hydroxylation is 1. The van der Waals surface area contributed by atoms with Crippen LogP contribution >= 0.6 is 11.6 Å². The molecule has 0 fully saturated rings. The third-order valence-electron chi connectivity index (χ3n) is 3.43. The summed E-state index contributed by atoms with van der Waals surface area (Å²) in [5.41, 5.74) is 1.75. The molecule has 1 atom stereocenters. The van der Waals surface area contributed by atoms with E-state index in [0.29, 0.717) is 11.4 Å². The molecule has 5 nitrogen and oxygen atoms in total. The summed E-state index contributed by atoms with van der Waals surface area (Å²) in [6.45, 7) is 5.58. The molecule has 0 aliphatic carbocycles. The van der Waals surface area contributed by atoms with Crippen LogP contribution in [0.15, 0.2) is 42.5 Å². The van der Waals surface area contributed by atoms with Crippen LogP contribution in [0.25, 0.3) is 0 Å². The number of anilines is 1. The van der Waals surface area contributed by atoms with Crippen molar-refractivity contribution in [1.82, 2.24) is 0 Å². The highest BCUT2D eigenvalue weighted by Crippen LogP contribution is 2.22. The van der Waals surface area contributed by atoms with Crippen LogP contribution in [0.2, 0.25) is 5.02 Å².